The van der Waals surface area contributed by atoms with Crippen LogP contribution >= 0.6 is 0 Å². The van der Waals surface area contributed by atoms with E-state index < -0.39 is 0 Å². The van der Waals surface area contributed by atoms with Crippen LogP contribution in [-0.2, 0) is 4.74 Å². The van der Waals surface area contributed by atoms with Crippen LogP contribution in [0.3, 0.4) is 0 Å². The molecule has 100 valence electrons. The number of amides is 1. The van der Waals surface area contributed by atoms with Crippen molar-refractivity contribution in [2.45, 2.75) is 26.8 Å². The third-order valence-corrected chi connectivity index (χ3v) is 3.00. The predicted molar refractivity (Wildman–Crippen MR) is 70.9 cm³/mol. The van der Waals surface area contributed by atoms with Crippen molar-refractivity contribution in [3.63, 3.8) is 0 Å². The highest BCUT2D eigenvalue weighted by Gasteiger charge is 2.20. The molecule has 0 aliphatic heterocycles. The monoisotopic (exact) mass is 251 g/mol. The summed E-state index contributed by atoms with van der Waals surface area (Å²) in [5.41, 5.74) is 1.27. The lowest BCUT2D eigenvalue weighted by molar-refractivity contribution is 0.0579. The van der Waals surface area contributed by atoms with E-state index in [9.17, 15) is 9.90 Å². The average molecular weight is 251 g/mol. The molecule has 0 fully saturated rings. The second-order valence-corrected chi connectivity index (χ2v) is 4.40. The van der Waals surface area contributed by atoms with Crippen LogP contribution in [0.15, 0.2) is 18.2 Å². The fourth-order valence-electron chi connectivity index (χ4n) is 1.89. The standard InChI is InChI=1S/C14H21NO3/c1-5-15(11(3)9-18-4)14(17)12-7-6-10(2)13(16)8-12/h6-8,11,16H,5,9H2,1-4H3. The van der Waals surface area contributed by atoms with Gasteiger partial charge in [-0.3, -0.25) is 4.79 Å². The molecule has 1 unspecified atom stereocenters. The number of aryl methyl sites for hydroxylation is 1. The number of rotatable bonds is 5. The van der Waals surface area contributed by atoms with Crippen LogP contribution in [-0.4, -0.2) is 42.2 Å². The lowest BCUT2D eigenvalue weighted by Crippen LogP contribution is -2.40. The van der Waals surface area contributed by atoms with Crippen LogP contribution in [0.1, 0.15) is 29.8 Å². The Kier molecular flexibility index (Phi) is 5.16. The molecule has 1 aromatic rings. The molecule has 1 N–H and O–H groups in total. The highest BCUT2D eigenvalue weighted by atomic mass is 16.5. The molecule has 1 atom stereocenters. The van der Waals surface area contributed by atoms with Gasteiger partial charge < -0.3 is 14.7 Å². The zero-order valence-electron chi connectivity index (χ0n) is 11.4. The largest absolute Gasteiger partial charge is 0.508 e. The maximum absolute atomic E-state index is 12.3. The molecule has 18 heavy (non-hydrogen) atoms. The van der Waals surface area contributed by atoms with Gasteiger partial charge in [-0.1, -0.05) is 6.07 Å². The van der Waals surface area contributed by atoms with E-state index in [0.717, 1.165) is 5.56 Å². The smallest absolute Gasteiger partial charge is 0.254 e. The van der Waals surface area contributed by atoms with Gasteiger partial charge in [0.25, 0.3) is 5.91 Å². The highest BCUT2D eigenvalue weighted by Crippen LogP contribution is 2.19. The first-order valence-electron chi connectivity index (χ1n) is 6.10. The Bertz CT molecular complexity index is 418. The molecule has 0 spiro atoms. The minimum absolute atomic E-state index is 0.0101. The number of benzene rings is 1. The molecule has 0 aliphatic carbocycles. The minimum atomic E-state index is -0.0858. The topological polar surface area (TPSA) is 49.8 Å². The van der Waals surface area contributed by atoms with E-state index in [0.29, 0.717) is 18.7 Å². The lowest BCUT2D eigenvalue weighted by atomic mass is 10.1. The molecule has 1 amide bonds. The van der Waals surface area contributed by atoms with Crippen molar-refractivity contribution in [2.24, 2.45) is 0 Å². The molecule has 0 aliphatic rings. The Balaban J connectivity index is 2.92. The maximum atomic E-state index is 12.3. The number of ether oxygens (including phenoxy) is 1. The number of nitrogens with zero attached hydrogens (tertiary/aromatic N) is 1. The number of likely N-dealkylation sites (N-methyl/N-ethyl adjacent to an activating group) is 1. The molecule has 0 saturated carbocycles. The number of methoxy groups -OCH3 is 1. The Labute approximate surface area is 108 Å². The highest BCUT2D eigenvalue weighted by molar-refractivity contribution is 5.94. The Morgan fingerprint density at radius 2 is 2.17 bits per heavy atom. The zero-order valence-corrected chi connectivity index (χ0v) is 11.4. The molecule has 4 nitrogen and oxygen atoms in total. The van der Waals surface area contributed by atoms with E-state index in [2.05, 4.69) is 0 Å². The van der Waals surface area contributed by atoms with E-state index in [1.165, 1.54) is 6.07 Å². The molecule has 1 rings (SSSR count). The summed E-state index contributed by atoms with van der Waals surface area (Å²) >= 11 is 0. The average Bonchev–Trinajstić information content (AvgIpc) is 2.33. The summed E-state index contributed by atoms with van der Waals surface area (Å²) in [5.74, 6) is 0.0636. The SMILES string of the molecule is CCN(C(=O)c1ccc(C)c(O)c1)C(C)COC. The number of hydrogen-bond acceptors (Lipinski definition) is 3. The minimum Gasteiger partial charge on any atom is -0.508 e. The second kappa shape index (κ2) is 6.40. The molecule has 0 bridgehead atoms. The van der Waals surface area contributed by atoms with Crippen LogP contribution in [0.25, 0.3) is 0 Å². The van der Waals surface area contributed by atoms with E-state index in [-0.39, 0.29) is 17.7 Å². The second-order valence-electron chi connectivity index (χ2n) is 4.40. The number of phenolic OH excluding ortho intramolecular Hbond substituents is 1. The first-order chi connectivity index (χ1) is 8.51. The van der Waals surface area contributed by atoms with Gasteiger partial charge in [0.2, 0.25) is 0 Å². The van der Waals surface area contributed by atoms with Crippen LogP contribution < -0.4 is 0 Å². The first kappa shape index (κ1) is 14.5. The van der Waals surface area contributed by atoms with Gasteiger partial charge in [-0.05, 0) is 38.5 Å². The van der Waals surface area contributed by atoms with Crippen LogP contribution in [0.5, 0.6) is 5.75 Å². The van der Waals surface area contributed by atoms with Crippen molar-refractivity contribution >= 4 is 5.91 Å². The third kappa shape index (κ3) is 3.23. The summed E-state index contributed by atoms with van der Waals surface area (Å²) in [6.07, 6.45) is 0. The Morgan fingerprint density at radius 3 is 2.67 bits per heavy atom. The fraction of sp³-hybridized carbons (Fsp3) is 0.500. The van der Waals surface area contributed by atoms with E-state index in [4.69, 9.17) is 4.74 Å². The van der Waals surface area contributed by atoms with Gasteiger partial charge in [-0.25, -0.2) is 0 Å². The van der Waals surface area contributed by atoms with Crippen LogP contribution in [0.2, 0.25) is 0 Å². The Morgan fingerprint density at radius 1 is 1.50 bits per heavy atom. The molecule has 0 heterocycles. The normalized spacial score (nSPS) is 12.2. The van der Waals surface area contributed by atoms with Crippen LogP contribution in [0.4, 0.5) is 0 Å². The fourth-order valence-corrected chi connectivity index (χ4v) is 1.89. The van der Waals surface area contributed by atoms with E-state index >= 15 is 0 Å². The molecular formula is C14H21NO3. The van der Waals surface area contributed by atoms with Crippen molar-refractivity contribution in [1.82, 2.24) is 4.90 Å². The number of phenols is 1. The van der Waals surface area contributed by atoms with E-state index in [1.54, 1.807) is 31.1 Å². The Hall–Kier alpha value is -1.55. The van der Waals surface area contributed by atoms with Gasteiger partial charge in [0.1, 0.15) is 5.75 Å². The number of carbonyl (C=O) groups is 1. The number of carbonyl (C=O) groups excluding carboxylic acids is 1. The van der Waals surface area contributed by atoms with Gasteiger partial charge >= 0.3 is 0 Å². The first-order valence-corrected chi connectivity index (χ1v) is 6.10. The predicted octanol–water partition coefficient (Wildman–Crippen LogP) is 2.20. The summed E-state index contributed by atoms with van der Waals surface area (Å²) < 4.78 is 5.07. The van der Waals surface area contributed by atoms with Gasteiger partial charge in [0.05, 0.1) is 12.6 Å². The molecule has 4 heteroatoms. The van der Waals surface area contributed by atoms with Crippen molar-refractivity contribution < 1.29 is 14.6 Å². The van der Waals surface area contributed by atoms with E-state index in [1.807, 2.05) is 13.8 Å². The summed E-state index contributed by atoms with van der Waals surface area (Å²) in [5, 5.41) is 9.65. The zero-order chi connectivity index (χ0) is 13.7. The quantitative estimate of drug-likeness (QED) is 0.872. The third-order valence-electron chi connectivity index (χ3n) is 3.00. The summed E-state index contributed by atoms with van der Waals surface area (Å²) in [6, 6.07) is 5.01. The summed E-state index contributed by atoms with van der Waals surface area (Å²) in [4.78, 5) is 14.0. The molecule has 0 saturated heterocycles. The number of aromatic hydroxyl groups is 1. The lowest BCUT2D eigenvalue weighted by Gasteiger charge is -2.27. The van der Waals surface area contributed by atoms with Crippen molar-refractivity contribution in [3.05, 3.63) is 29.3 Å². The number of hydrogen-bond donors (Lipinski definition) is 1. The summed E-state index contributed by atoms with van der Waals surface area (Å²) in [6.45, 7) is 6.78. The van der Waals surface area contributed by atoms with Gasteiger partial charge in [0.15, 0.2) is 0 Å². The van der Waals surface area contributed by atoms with Crippen LogP contribution in [0, 0.1) is 6.92 Å². The van der Waals surface area contributed by atoms with Crippen molar-refractivity contribution in [1.29, 1.82) is 0 Å². The van der Waals surface area contributed by atoms with Crippen molar-refractivity contribution in [2.75, 3.05) is 20.3 Å². The maximum Gasteiger partial charge on any atom is 0.254 e. The summed E-state index contributed by atoms with van der Waals surface area (Å²) in [7, 11) is 1.62. The van der Waals surface area contributed by atoms with Crippen molar-refractivity contribution in [3.8, 4) is 5.75 Å². The molecule has 1 aromatic carbocycles. The molecular weight excluding hydrogens is 230 g/mol. The van der Waals surface area contributed by atoms with Gasteiger partial charge in [-0.15, -0.1) is 0 Å². The molecule has 0 aromatic heterocycles. The van der Waals surface area contributed by atoms with Gasteiger partial charge in [-0.2, -0.15) is 0 Å². The molecule has 0 radical (unpaired) electrons. The van der Waals surface area contributed by atoms with Gasteiger partial charge in [0, 0.05) is 19.2 Å².